The van der Waals surface area contributed by atoms with E-state index in [9.17, 15) is 13.2 Å². The van der Waals surface area contributed by atoms with Crippen LogP contribution in [0.2, 0.25) is 0 Å². The fourth-order valence-electron chi connectivity index (χ4n) is 1.59. The van der Waals surface area contributed by atoms with Crippen molar-refractivity contribution in [1.82, 2.24) is 0 Å². The van der Waals surface area contributed by atoms with Crippen LogP contribution in [0.4, 0.5) is 0 Å². The van der Waals surface area contributed by atoms with Crippen molar-refractivity contribution < 1.29 is 17.9 Å². The number of benzene rings is 2. The summed E-state index contributed by atoms with van der Waals surface area (Å²) >= 11 is 0. The summed E-state index contributed by atoms with van der Waals surface area (Å²) < 4.78 is 27.5. The SMILES string of the molecule is O=C(OC(c1ccccc1)[SH](=O)=O)c1ccccc1. The van der Waals surface area contributed by atoms with Gasteiger partial charge in [0.15, 0.2) is 10.7 Å². The molecule has 0 bridgehead atoms. The Hall–Kier alpha value is -2.14. The van der Waals surface area contributed by atoms with Crippen LogP contribution in [0.5, 0.6) is 0 Å². The normalized spacial score (nSPS) is 12.1. The molecule has 0 aliphatic carbocycles. The van der Waals surface area contributed by atoms with Crippen LogP contribution in [0.3, 0.4) is 0 Å². The molecule has 0 fully saturated rings. The fourth-order valence-corrected chi connectivity index (χ4v) is 2.19. The van der Waals surface area contributed by atoms with Crippen molar-refractivity contribution in [3.8, 4) is 0 Å². The lowest BCUT2D eigenvalue weighted by Gasteiger charge is -2.12. The van der Waals surface area contributed by atoms with E-state index < -0.39 is 22.1 Å². The zero-order chi connectivity index (χ0) is 13.7. The third-order valence-electron chi connectivity index (χ3n) is 2.50. The molecule has 19 heavy (non-hydrogen) atoms. The first-order valence-corrected chi connectivity index (χ1v) is 6.87. The highest BCUT2D eigenvalue weighted by atomic mass is 32.2. The molecule has 0 saturated heterocycles. The molecular weight excluding hydrogens is 264 g/mol. The molecule has 0 radical (unpaired) electrons. The topological polar surface area (TPSA) is 60.4 Å². The highest BCUT2D eigenvalue weighted by Gasteiger charge is 2.20. The van der Waals surface area contributed by atoms with E-state index in [0.717, 1.165) is 0 Å². The Bertz CT molecular complexity index is 612. The number of rotatable bonds is 4. The second-order valence-corrected chi connectivity index (χ2v) is 4.86. The number of hydrogen-bond donors (Lipinski definition) is 1. The maximum atomic E-state index is 11.8. The summed E-state index contributed by atoms with van der Waals surface area (Å²) in [6.07, 6.45) is 0. The minimum atomic E-state index is -2.91. The van der Waals surface area contributed by atoms with Crippen molar-refractivity contribution in [1.29, 1.82) is 0 Å². The van der Waals surface area contributed by atoms with Crippen LogP contribution >= 0.6 is 0 Å². The van der Waals surface area contributed by atoms with Crippen molar-refractivity contribution >= 4 is 16.7 Å². The zero-order valence-corrected chi connectivity index (χ0v) is 10.8. The molecule has 2 aromatic carbocycles. The second kappa shape index (κ2) is 6.15. The molecule has 5 heteroatoms. The number of thiol groups is 1. The largest absolute Gasteiger partial charge is 0.438 e. The number of esters is 1. The molecule has 0 amide bonds. The van der Waals surface area contributed by atoms with Gasteiger partial charge in [0.2, 0.25) is 5.44 Å². The van der Waals surface area contributed by atoms with Crippen LogP contribution in [0, 0.1) is 0 Å². The average Bonchev–Trinajstić information content (AvgIpc) is 2.46. The van der Waals surface area contributed by atoms with Gasteiger partial charge in [0, 0.05) is 5.56 Å². The van der Waals surface area contributed by atoms with Crippen LogP contribution in [-0.4, -0.2) is 14.4 Å². The molecule has 4 nitrogen and oxygen atoms in total. The smallest absolute Gasteiger partial charge is 0.339 e. The molecule has 0 heterocycles. The molecule has 2 rings (SSSR count). The molecule has 1 atom stereocenters. The minimum absolute atomic E-state index is 0.320. The van der Waals surface area contributed by atoms with Gasteiger partial charge < -0.3 is 4.74 Å². The molecule has 98 valence electrons. The van der Waals surface area contributed by atoms with Crippen molar-refractivity contribution in [2.75, 3.05) is 0 Å². The monoisotopic (exact) mass is 276 g/mol. The Labute approximate surface area is 112 Å². The Balaban J connectivity index is 2.22. The first-order valence-electron chi connectivity index (χ1n) is 5.63. The Morgan fingerprint density at radius 1 is 0.895 bits per heavy atom. The van der Waals surface area contributed by atoms with E-state index in [2.05, 4.69) is 0 Å². The maximum Gasteiger partial charge on any atom is 0.339 e. The lowest BCUT2D eigenvalue weighted by molar-refractivity contribution is 0.0446. The van der Waals surface area contributed by atoms with Gasteiger partial charge in [0.25, 0.3) is 0 Å². The van der Waals surface area contributed by atoms with Crippen LogP contribution < -0.4 is 0 Å². The van der Waals surface area contributed by atoms with Crippen LogP contribution in [0.1, 0.15) is 21.4 Å². The summed E-state index contributed by atoms with van der Waals surface area (Å²) in [6.45, 7) is 0. The standard InChI is InChI=1S/C14H12O4S/c15-13(11-7-3-1-4-8-11)18-14(19(16)17)12-9-5-2-6-10-12/h1-10,14,19H. The first-order chi connectivity index (χ1) is 9.18. The summed E-state index contributed by atoms with van der Waals surface area (Å²) in [5.41, 5.74) is -0.507. The minimum Gasteiger partial charge on any atom is -0.438 e. The molecule has 0 N–H and O–H groups in total. The molecule has 0 saturated carbocycles. The molecule has 0 aliphatic rings. The summed E-state index contributed by atoms with van der Waals surface area (Å²) in [6, 6.07) is 16.6. The van der Waals surface area contributed by atoms with E-state index in [1.54, 1.807) is 60.7 Å². The van der Waals surface area contributed by atoms with E-state index in [-0.39, 0.29) is 0 Å². The van der Waals surface area contributed by atoms with Gasteiger partial charge in [-0.3, -0.25) is 0 Å². The number of carbonyl (C=O) groups is 1. The number of carbonyl (C=O) groups excluding carboxylic acids is 1. The Kier molecular flexibility index (Phi) is 4.30. The molecule has 0 spiro atoms. The van der Waals surface area contributed by atoms with Gasteiger partial charge in [-0.25, -0.2) is 13.2 Å². The van der Waals surface area contributed by atoms with E-state index in [0.29, 0.717) is 11.1 Å². The third-order valence-corrected chi connectivity index (χ3v) is 3.29. The summed E-state index contributed by atoms with van der Waals surface area (Å²) in [5.74, 6) is -0.659. The van der Waals surface area contributed by atoms with Crippen molar-refractivity contribution in [3.63, 3.8) is 0 Å². The lowest BCUT2D eigenvalue weighted by atomic mass is 10.2. The van der Waals surface area contributed by atoms with Crippen molar-refractivity contribution in [3.05, 3.63) is 71.8 Å². The first kappa shape index (κ1) is 13.3. The predicted molar refractivity (Wildman–Crippen MR) is 71.4 cm³/mol. The predicted octanol–water partition coefficient (Wildman–Crippen LogP) is 2.15. The highest BCUT2D eigenvalue weighted by molar-refractivity contribution is 7.72. The number of hydrogen-bond acceptors (Lipinski definition) is 4. The van der Waals surface area contributed by atoms with Crippen LogP contribution in [0.15, 0.2) is 60.7 Å². The van der Waals surface area contributed by atoms with Gasteiger partial charge in [-0.05, 0) is 12.1 Å². The number of ether oxygens (including phenoxy) is 1. The van der Waals surface area contributed by atoms with Gasteiger partial charge in [0.1, 0.15) is 0 Å². The van der Waals surface area contributed by atoms with Gasteiger partial charge in [-0.1, -0.05) is 48.5 Å². The van der Waals surface area contributed by atoms with E-state index in [4.69, 9.17) is 4.74 Å². The lowest BCUT2D eigenvalue weighted by Crippen LogP contribution is -2.12. The third kappa shape index (κ3) is 3.42. The van der Waals surface area contributed by atoms with E-state index in [1.807, 2.05) is 0 Å². The van der Waals surface area contributed by atoms with E-state index in [1.165, 1.54) is 0 Å². The van der Waals surface area contributed by atoms with Crippen molar-refractivity contribution in [2.24, 2.45) is 0 Å². The van der Waals surface area contributed by atoms with Crippen molar-refractivity contribution in [2.45, 2.75) is 5.44 Å². The van der Waals surface area contributed by atoms with Crippen LogP contribution in [-0.2, 0) is 15.4 Å². The van der Waals surface area contributed by atoms with Gasteiger partial charge in [-0.2, -0.15) is 0 Å². The molecular formula is C14H12O4S. The van der Waals surface area contributed by atoms with E-state index >= 15 is 0 Å². The molecule has 0 aliphatic heterocycles. The summed E-state index contributed by atoms with van der Waals surface area (Å²) in [7, 11) is -2.91. The zero-order valence-electron chi connectivity index (χ0n) is 9.93. The Morgan fingerprint density at radius 2 is 1.42 bits per heavy atom. The Morgan fingerprint density at radius 3 is 1.95 bits per heavy atom. The quantitative estimate of drug-likeness (QED) is 0.686. The molecule has 0 aromatic heterocycles. The summed E-state index contributed by atoms with van der Waals surface area (Å²) in [4.78, 5) is 11.8. The maximum absolute atomic E-state index is 11.8. The van der Waals surface area contributed by atoms with Gasteiger partial charge >= 0.3 is 5.97 Å². The van der Waals surface area contributed by atoms with Crippen LogP contribution in [0.25, 0.3) is 0 Å². The van der Waals surface area contributed by atoms with Gasteiger partial charge in [-0.15, -0.1) is 0 Å². The van der Waals surface area contributed by atoms with Gasteiger partial charge in [0.05, 0.1) is 5.56 Å². The molecule has 2 aromatic rings. The summed E-state index contributed by atoms with van der Waals surface area (Å²) in [5, 5.41) is 0. The fraction of sp³-hybridized carbons (Fsp3) is 0.0714. The second-order valence-electron chi connectivity index (χ2n) is 3.82. The average molecular weight is 276 g/mol. The molecule has 1 unspecified atom stereocenters. The highest BCUT2D eigenvalue weighted by Crippen LogP contribution is 2.19.